The molecule has 0 radical (unpaired) electrons. The van der Waals surface area contributed by atoms with E-state index < -0.39 is 0 Å². The van der Waals surface area contributed by atoms with E-state index in [1.54, 1.807) is 0 Å². The Kier molecular flexibility index (Phi) is 5.45. The van der Waals surface area contributed by atoms with Gasteiger partial charge in [-0.15, -0.1) is 0 Å². The van der Waals surface area contributed by atoms with Crippen molar-refractivity contribution in [2.75, 3.05) is 0 Å². The predicted octanol–water partition coefficient (Wildman–Crippen LogP) is 2.09. The molecule has 2 rings (SSSR count). The maximum atomic E-state index is 12.3. The first-order valence-corrected chi connectivity index (χ1v) is 8.17. The van der Waals surface area contributed by atoms with Gasteiger partial charge in [0.25, 0.3) is 0 Å². The number of nitrogens with one attached hydrogen (secondary N) is 2. The van der Waals surface area contributed by atoms with E-state index in [2.05, 4.69) is 22.7 Å². The molecule has 22 heavy (non-hydrogen) atoms. The first-order chi connectivity index (χ1) is 10.4. The van der Waals surface area contributed by atoms with Gasteiger partial charge < -0.3 is 15.7 Å². The number of nitrogens with zero attached hydrogens (tertiary/aromatic N) is 2. The number of carbonyl (C=O) groups is 1. The summed E-state index contributed by atoms with van der Waals surface area (Å²) in [6.45, 7) is 6.07. The van der Waals surface area contributed by atoms with Crippen molar-refractivity contribution in [3.05, 3.63) is 17.0 Å². The van der Waals surface area contributed by atoms with Crippen molar-refractivity contribution in [2.45, 2.75) is 71.1 Å². The molecule has 0 spiro atoms. The Morgan fingerprint density at radius 3 is 2.50 bits per heavy atom. The number of aliphatic hydroxyl groups is 1. The van der Waals surface area contributed by atoms with Crippen LogP contribution >= 0.6 is 0 Å². The van der Waals surface area contributed by atoms with Crippen LogP contribution in [0, 0.1) is 13.8 Å². The molecule has 1 atom stereocenters. The second-order valence-corrected chi connectivity index (χ2v) is 6.29. The van der Waals surface area contributed by atoms with Gasteiger partial charge in [0.15, 0.2) is 0 Å². The van der Waals surface area contributed by atoms with E-state index in [9.17, 15) is 9.90 Å². The van der Waals surface area contributed by atoms with Gasteiger partial charge in [-0.2, -0.15) is 5.10 Å². The summed E-state index contributed by atoms with van der Waals surface area (Å²) in [5.74, 6) is 0. The number of hydrogen-bond acceptors (Lipinski definition) is 3. The second-order valence-electron chi connectivity index (χ2n) is 6.29. The van der Waals surface area contributed by atoms with E-state index in [-0.39, 0.29) is 24.2 Å². The van der Waals surface area contributed by atoms with Crippen LogP contribution in [-0.2, 0) is 7.05 Å². The molecule has 3 N–H and O–H groups in total. The van der Waals surface area contributed by atoms with Crippen LogP contribution in [0.15, 0.2) is 0 Å². The fraction of sp³-hybridized carbons (Fsp3) is 0.750. The van der Waals surface area contributed by atoms with Crippen molar-refractivity contribution in [2.24, 2.45) is 7.05 Å². The lowest BCUT2D eigenvalue weighted by Crippen LogP contribution is -2.45. The molecule has 2 amide bonds. The Hall–Kier alpha value is -1.56. The Labute approximate surface area is 132 Å². The standard InChI is InChI=1S/C16H28N4O2/c1-5-14(15-10(2)19-20(4)11(15)3)18-16(22)17-12-6-8-13(21)9-7-12/h12-14,21H,5-9H2,1-4H3,(H2,17,18,22). The first kappa shape index (κ1) is 16.8. The van der Waals surface area contributed by atoms with Crippen molar-refractivity contribution in [3.8, 4) is 0 Å². The zero-order chi connectivity index (χ0) is 16.3. The number of aliphatic hydroxyl groups excluding tert-OH is 1. The van der Waals surface area contributed by atoms with Gasteiger partial charge >= 0.3 is 6.03 Å². The van der Waals surface area contributed by atoms with E-state index >= 15 is 0 Å². The summed E-state index contributed by atoms with van der Waals surface area (Å²) in [7, 11) is 1.92. The Morgan fingerprint density at radius 2 is 2.00 bits per heavy atom. The molecule has 124 valence electrons. The van der Waals surface area contributed by atoms with Crippen molar-refractivity contribution < 1.29 is 9.90 Å². The lowest BCUT2D eigenvalue weighted by molar-refractivity contribution is 0.117. The largest absolute Gasteiger partial charge is 0.393 e. The molecule has 1 aliphatic carbocycles. The molecule has 1 fully saturated rings. The molecule has 1 aliphatic rings. The fourth-order valence-electron chi connectivity index (χ4n) is 3.28. The second kappa shape index (κ2) is 7.13. The summed E-state index contributed by atoms with van der Waals surface area (Å²) in [5.41, 5.74) is 3.16. The van der Waals surface area contributed by atoms with Crippen LogP contribution in [0.2, 0.25) is 0 Å². The average molecular weight is 308 g/mol. The summed E-state index contributed by atoms with van der Waals surface area (Å²) >= 11 is 0. The molecule has 1 saturated carbocycles. The number of aryl methyl sites for hydroxylation is 2. The van der Waals surface area contributed by atoms with E-state index in [1.807, 2.05) is 25.6 Å². The van der Waals surface area contributed by atoms with Gasteiger partial charge in [-0.3, -0.25) is 4.68 Å². The van der Waals surface area contributed by atoms with Gasteiger partial charge in [0.2, 0.25) is 0 Å². The molecule has 1 aromatic rings. The molecule has 0 aromatic carbocycles. The third-order valence-electron chi connectivity index (χ3n) is 4.66. The number of amides is 2. The summed E-state index contributed by atoms with van der Waals surface area (Å²) in [5, 5.41) is 20.0. The van der Waals surface area contributed by atoms with Gasteiger partial charge in [-0.25, -0.2) is 4.79 Å². The minimum Gasteiger partial charge on any atom is -0.393 e. The summed E-state index contributed by atoms with van der Waals surface area (Å²) in [6.07, 6.45) is 3.84. The minimum absolute atomic E-state index is 0.0251. The van der Waals surface area contributed by atoms with Crippen molar-refractivity contribution in [1.82, 2.24) is 20.4 Å². The van der Waals surface area contributed by atoms with Crippen LogP contribution < -0.4 is 10.6 Å². The molecule has 1 unspecified atom stereocenters. The number of hydrogen-bond donors (Lipinski definition) is 3. The Morgan fingerprint density at radius 1 is 1.36 bits per heavy atom. The smallest absolute Gasteiger partial charge is 0.315 e. The highest BCUT2D eigenvalue weighted by molar-refractivity contribution is 5.74. The van der Waals surface area contributed by atoms with Crippen molar-refractivity contribution in [1.29, 1.82) is 0 Å². The molecule has 0 bridgehead atoms. The lowest BCUT2D eigenvalue weighted by atomic mass is 9.93. The SMILES string of the molecule is CCC(NC(=O)NC1CCC(O)CC1)c1c(C)nn(C)c1C. The number of aromatic nitrogens is 2. The average Bonchev–Trinajstić information content (AvgIpc) is 2.72. The van der Waals surface area contributed by atoms with Gasteiger partial charge in [-0.05, 0) is 46.0 Å². The molecule has 1 heterocycles. The lowest BCUT2D eigenvalue weighted by Gasteiger charge is -2.27. The highest BCUT2D eigenvalue weighted by Crippen LogP contribution is 2.24. The first-order valence-electron chi connectivity index (χ1n) is 8.17. The fourth-order valence-corrected chi connectivity index (χ4v) is 3.28. The zero-order valence-electron chi connectivity index (χ0n) is 14.0. The van der Waals surface area contributed by atoms with Crippen LogP contribution in [0.25, 0.3) is 0 Å². The maximum absolute atomic E-state index is 12.3. The molecule has 6 heteroatoms. The van der Waals surface area contributed by atoms with Crippen LogP contribution in [-0.4, -0.2) is 33.1 Å². The number of carbonyl (C=O) groups excluding carboxylic acids is 1. The summed E-state index contributed by atoms with van der Waals surface area (Å²) < 4.78 is 1.86. The molecule has 0 saturated heterocycles. The molecule has 0 aliphatic heterocycles. The zero-order valence-corrected chi connectivity index (χ0v) is 14.0. The van der Waals surface area contributed by atoms with Gasteiger partial charge in [0, 0.05) is 24.3 Å². The quantitative estimate of drug-likeness (QED) is 0.797. The van der Waals surface area contributed by atoms with E-state index in [1.165, 1.54) is 0 Å². The van der Waals surface area contributed by atoms with Crippen LogP contribution in [0.4, 0.5) is 4.79 Å². The van der Waals surface area contributed by atoms with Gasteiger partial charge in [0.1, 0.15) is 0 Å². The molecule has 6 nitrogen and oxygen atoms in total. The Bertz CT molecular complexity index is 518. The predicted molar refractivity (Wildman–Crippen MR) is 85.6 cm³/mol. The maximum Gasteiger partial charge on any atom is 0.315 e. The monoisotopic (exact) mass is 308 g/mol. The minimum atomic E-state index is -0.204. The number of urea groups is 1. The van der Waals surface area contributed by atoms with Crippen molar-refractivity contribution >= 4 is 6.03 Å². The summed E-state index contributed by atoms with van der Waals surface area (Å²) in [4.78, 5) is 12.3. The topological polar surface area (TPSA) is 79.2 Å². The van der Waals surface area contributed by atoms with Gasteiger partial charge in [-0.1, -0.05) is 6.92 Å². The third kappa shape index (κ3) is 3.80. The van der Waals surface area contributed by atoms with E-state index in [0.29, 0.717) is 0 Å². The summed E-state index contributed by atoms with van der Waals surface area (Å²) in [6, 6.07) is 0.00997. The van der Waals surface area contributed by atoms with E-state index in [0.717, 1.165) is 49.1 Å². The Balaban J connectivity index is 1.96. The number of rotatable bonds is 4. The molecular formula is C16H28N4O2. The molecular weight excluding hydrogens is 280 g/mol. The van der Waals surface area contributed by atoms with Crippen molar-refractivity contribution in [3.63, 3.8) is 0 Å². The normalized spacial score (nSPS) is 23.1. The van der Waals surface area contributed by atoms with Crippen LogP contribution in [0.3, 0.4) is 0 Å². The van der Waals surface area contributed by atoms with Crippen LogP contribution in [0.5, 0.6) is 0 Å². The van der Waals surface area contributed by atoms with E-state index in [4.69, 9.17) is 0 Å². The highest BCUT2D eigenvalue weighted by Gasteiger charge is 2.24. The third-order valence-corrected chi connectivity index (χ3v) is 4.66. The van der Waals surface area contributed by atoms with Crippen LogP contribution in [0.1, 0.15) is 62.0 Å². The van der Waals surface area contributed by atoms with Gasteiger partial charge in [0.05, 0.1) is 17.8 Å². The highest BCUT2D eigenvalue weighted by atomic mass is 16.3. The molecule has 1 aromatic heterocycles.